The number of rotatable bonds is 11. The number of ether oxygens (including phenoxy) is 1. The highest BCUT2D eigenvalue weighted by Crippen LogP contribution is 2.27. The molecule has 1 rings (SSSR count). The van der Waals surface area contributed by atoms with E-state index in [1.165, 1.54) is 31.4 Å². The number of amides is 1. The summed E-state index contributed by atoms with van der Waals surface area (Å²) in [4.78, 5) is 11.5. The van der Waals surface area contributed by atoms with Gasteiger partial charge in [-0.3, -0.25) is 0 Å². The molecule has 0 aromatic carbocycles. The van der Waals surface area contributed by atoms with Gasteiger partial charge in [-0.1, -0.05) is 54.7 Å². The van der Waals surface area contributed by atoms with Gasteiger partial charge in [0.2, 0.25) is 0 Å². The van der Waals surface area contributed by atoms with Crippen molar-refractivity contribution in [3.8, 4) is 0 Å². The molecule has 0 aliphatic carbocycles. The van der Waals surface area contributed by atoms with Crippen LogP contribution in [0.25, 0.3) is 0 Å². The lowest BCUT2D eigenvalue weighted by Crippen LogP contribution is -2.36. The predicted molar refractivity (Wildman–Crippen MR) is 94.0 cm³/mol. The Hall–Kier alpha value is -0.0700. The number of carbonyl (C=O) groups is 1. The molecular formula is C15H30N2O2S2. The molecule has 1 fully saturated rings. The normalized spacial score (nSPS) is 19.4. The van der Waals surface area contributed by atoms with Crippen LogP contribution in [0.15, 0.2) is 0 Å². The molecule has 0 radical (unpaired) electrons. The summed E-state index contributed by atoms with van der Waals surface area (Å²) in [5, 5.41) is 6.10. The summed E-state index contributed by atoms with van der Waals surface area (Å²) < 4.78 is 5.19. The minimum Gasteiger partial charge on any atom is -0.449 e. The molecule has 2 unspecified atom stereocenters. The SMILES string of the molecule is CCCCC(CC)CSSCCOC(=O)NC1CCNC1. The fraction of sp³-hybridized carbons (Fsp3) is 0.933. The van der Waals surface area contributed by atoms with E-state index in [0.29, 0.717) is 6.61 Å². The first kappa shape index (κ1) is 19.0. The maximum atomic E-state index is 11.5. The molecule has 0 spiro atoms. The second kappa shape index (κ2) is 12.5. The number of hydrogen-bond acceptors (Lipinski definition) is 5. The third kappa shape index (κ3) is 9.53. The standard InChI is InChI=1S/C15H30N2O2S2/c1-3-5-6-13(4-2)12-21-20-10-9-19-15(18)17-14-7-8-16-11-14/h13-14,16H,3-12H2,1-2H3,(H,17,18). The predicted octanol–water partition coefficient (Wildman–Crippen LogP) is 3.67. The van der Waals surface area contributed by atoms with E-state index in [1.54, 1.807) is 0 Å². The lowest BCUT2D eigenvalue weighted by molar-refractivity contribution is 0.150. The van der Waals surface area contributed by atoms with Crippen LogP contribution in [0, 0.1) is 5.92 Å². The first-order chi connectivity index (χ1) is 10.3. The highest BCUT2D eigenvalue weighted by molar-refractivity contribution is 8.76. The van der Waals surface area contributed by atoms with Crippen molar-refractivity contribution >= 4 is 27.7 Å². The Labute approximate surface area is 137 Å². The van der Waals surface area contributed by atoms with Gasteiger partial charge in [0.15, 0.2) is 0 Å². The molecule has 0 bridgehead atoms. The molecule has 1 amide bonds. The van der Waals surface area contributed by atoms with Crippen molar-refractivity contribution in [3.63, 3.8) is 0 Å². The van der Waals surface area contributed by atoms with Crippen molar-refractivity contribution in [1.29, 1.82) is 0 Å². The fourth-order valence-corrected chi connectivity index (χ4v) is 4.64. The van der Waals surface area contributed by atoms with Gasteiger partial charge in [-0.15, -0.1) is 0 Å². The van der Waals surface area contributed by atoms with Crippen molar-refractivity contribution in [2.75, 3.05) is 31.2 Å². The van der Waals surface area contributed by atoms with Crippen molar-refractivity contribution in [2.24, 2.45) is 5.92 Å². The Bertz CT molecular complexity index is 274. The van der Waals surface area contributed by atoms with Crippen molar-refractivity contribution in [2.45, 2.75) is 52.0 Å². The molecule has 1 saturated heterocycles. The molecule has 4 nitrogen and oxygen atoms in total. The second-order valence-electron chi connectivity index (χ2n) is 5.49. The van der Waals surface area contributed by atoms with Crippen LogP contribution in [-0.4, -0.2) is 43.3 Å². The Morgan fingerprint density at radius 2 is 2.29 bits per heavy atom. The zero-order valence-corrected chi connectivity index (χ0v) is 15.0. The van der Waals surface area contributed by atoms with Gasteiger partial charge in [0.25, 0.3) is 0 Å². The molecule has 21 heavy (non-hydrogen) atoms. The van der Waals surface area contributed by atoms with Crippen LogP contribution < -0.4 is 10.6 Å². The molecule has 0 aromatic rings. The molecule has 0 saturated carbocycles. The lowest BCUT2D eigenvalue weighted by atomic mass is 10.0. The van der Waals surface area contributed by atoms with Crippen molar-refractivity contribution in [3.05, 3.63) is 0 Å². The molecule has 1 aliphatic heterocycles. The third-order valence-electron chi connectivity index (χ3n) is 3.71. The quantitative estimate of drug-likeness (QED) is 0.446. The fourth-order valence-electron chi connectivity index (χ4n) is 2.26. The third-order valence-corrected chi connectivity index (χ3v) is 6.23. The Morgan fingerprint density at radius 3 is 2.95 bits per heavy atom. The van der Waals surface area contributed by atoms with E-state index in [2.05, 4.69) is 24.5 Å². The van der Waals surface area contributed by atoms with E-state index in [1.807, 2.05) is 21.6 Å². The molecule has 124 valence electrons. The summed E-state index contributed by atoms with van der Waals surface area (Å²) in [6.07, 6.45) is 5.95. The van der Waals surface area contributed by atoms with Crippen molar-refractivity contribution < 1.29 is 9.53 Å². The van der Waals surface area contributed by atoms with E-state index < -0.39 is 0 Å². The van der Waals surface area contributed by atoms with Gasteiger partial charge in [-0.2, -0.15) is 0 Å². The van der Waals surface area contributed by atoms with E-state index in [-0.39, 0.29) is 12.1 Å². The molecule has 2 atom stereocenters. The largest absolute Gasteiger partial charge is 0.449 e. The van der Waals surface area contributed by atoms with Gasteiger partial charge >= 0.3 is 6.09 Å². The minimum atomic E-state index is -0.274. The van der Waals surface area contributed by atoms with Gasteiger partial charge < -0.3 is 15.4 Å². The molecule has 1 aliphatic rings. The van der Waals surface area contributed by atoms with E-state index in [9.17, 15) is 4.79 Å². The van der Waals surface area contributed by atoms with Gasteiger partial charge in [-0.25, -0.2) is 4.79 Å². The molecule has 2 N–H and O–H groups in total. The monoisotopic (exact) mass is 334 g/mol. The number of alkyl carbamates (subject to hydrolysis) is 1. The topological polar surface area (TPSA) is 50.4 Å². The molecule has 1 heterocycles. The molecule has 0 aromatic heterocycles. The zero-order chi connectivity index (χ0) is 15.3. The Kier molecular flexibility index (Phi) is 11.3. The molecular weight excluding hydrogens is 304 g/mol. The summed E-state index contributed by atoms with van der Waals surface area (Å²) in [7, 11) is 3.73. The minimum absolute atomic E-state index is 0.239. The van der Waals surface area contributed by atoms with E-state index in [4.69, 9.17) is 4.74 Å². The maximum absolute atomic E-state index is 11.5. The van der Waals surface area contributed by atoms with Gasteiger partial charge in [0, 0.05) is 24.1 Å². The summed E-state index contributed by atoms with van der Waals surface area (Å²) in [5.41, 5.74) is 0. The highest BCUT2D eigenvalue weighted by Gasteiger charge is 2.16. The second-order valence-corrected chi connectivity index (χ2v) is 8.12. The first-order valence-corrected chi connectivity index (χ1v) is 10.6. The van der Waals surface area contributed by atoms with Crippen LogP contribution in [0.5, 0.6) is 0 Å². The average Bonchev–Trinajstić information content (AvgIpc) is 2.98. The average molecular weight is 335 g/mol. The van der Waals surface area contributed by atoms with Crippen LogP contribution in [0.1, 0.15) is 46.0 Å². The highest BCUT2D eigenvalue weighted by atomic mass is 33.1. The number of hydrogen-bond donors (Lipinski definition) is 2. The number of nitrogens with one attached hydrogen (secondary N) is 2. The van der Waals surface area contributed by atoms with Gasteiger partial charge in [-0.05, 0) is 25.3 Å². The van der Waals surface area contributed by atoms with Crippen LogP contribution >= 0.6 is 21.6 Å². The number of unbranched alkanes of at least 4 members (excludes halogenated alkanes) is 1. The van der Waals surface area contributed by atoms with Crippen LogP contribution in [0.2, 0.25) is 0 Å². The first-order valence-electron chi connectivity index (χ1n) is 8.14. The van der Waals surface area contributed by atoms with Crippen LogP contribution in [-0.2, 0) is 4.74 Å². The zero-order valence-electron chi connectivity index (χ0n) is 13.4. The summed E-state index contributed by atoms with van der Waals surface area (Å²) in [5.74, 6) is 2.91. The Morgan fingerprint density at radius 1 is 1.43 bits per heavy atom. The van der Waals surface area contributed by atoms with Gasteiger partial charge in [0.05, 0.1) is 0 Å². The maximum Gasteiger partial charge on any atom is 0.407 e. The summed E-state index contributed by atoms with van der Waals surface area (Å²) in [6.45, 7) is 6.86. The van der Waals surface area contributed by atoms with Crippen LogP contribution in [0.3, 0.4) is 0 Å². The lowest BCUT2D eigenvalue weighted by Gasteiger charge is -2.13. The molecule has 6 heteroatoms. The van der Waals surface area contributed by atoms with Gasteiger partial charge in [0.1, 0.15) is 6.61 Å². The summed E-state index contributed by atoms with van der Waals surface area (Å²) >= 11 is 0. The number of carbonyl (C=O) groups excluding carboxylic acids is 1. The smallest absolute Gasteiger partial charge is 0.407 e. The van der Waals surface area contributed by atoms with E-state index in [0.717, 1.165) is 31.2 Å². The van der Waals surface area contributed by atoms with Crippen LogP contribution in [0.4, 0.5) is 4.79 Å². The Balaban J connectivity index is 1.92. The van der Waals surface area contributed by atoms with Crippen molar-refractivity contribution in [1.82, 2.24) is 10.6 Å². The summed E-state index contributed by atoms with van der Waals surface area (Å²) in [6, 6.07) is 0.239. The van der Waals surface area contributed by atoms with E-state index >= 15 is 0 Å².